The van der Waals surface area contributed by atoms with E-state index in [1.165, 1.54) is 9.80 Å². The summed E-state index contributed by atoms with van der Waals surface area (Å²) in [5.41, 5.74) is 0. The SMILES string of the molecule is CSCCOCCC(C(=O)N(C)C)C(=O)N(C)C.[Na+]. The average molecular weight is 299 g/mol. The van der Waals surface area contributed by atoms with Crippen LogP contribution in [-0.2, 0) is 14.3 Å². The molecule has 0 aromatic rings. The molecule has 0 spiro atoms. The molecule has 0 bridgehead atoms. The van der Waals surface area contributed by atoms with E-state index in [9.17, 15) is 9.59 Å². The molecule has 0 aliphatic rings. The van der Waals surface area contributed by atoms with Crippen molar-refractivity contribution in [1.29, 1.82) is 0 Å². The van der Waals surface area contributed by atoms with Gasteiger partial charge in [0, 0.05) is 40.6 Å². The first-order valence-corrected chi connectivity index (χ1v) is 7.30. The Labute approximate surface area is 142 Å². The van der Waals surface area contributed by atoms with Crippen LogP contribution in [0.5, 0.6) is 0 Å². The molecule has 0 N–H and O–H groups in total. The van der Waals surface area contributed by atoms with Crippen LogP contribution in [0, 0.1) is 5.92 Å². The minimum atomic E-state index is -0.635. The zero-order valence-corrected chi connectivity index (χ0v) is 15.7. The molecule has 0 aromatic carbocycles. The maximum absolute atomic E-state index is 11.9. The van der Waals surface area contributed by atoms with Crippen molar-refractivity contribution in [2.75, 3.05) is 53.4 Å². The summed E-state index contributed by atoms with van der Waals surface area (Å²) < 4.78 is 5.40. The Kier molecular flexibility index (Phi) is 13.6. The second-order valence-electron chi connectivity index (χ2n) is 4.41. The van der Waals surface area contributed by atoms with E-state index in [1.807, 2.05) is 6.26 Å². The summed E-state index contributed by atoms with van der Waals surface area (Å²) >= 11 is 1.71. The molecular formula is C12H24N2NaO3S+. The van der Waals surface area contributed by atoms with Crippen molar-refractivity contribution >= 4 is 23.6 Å². The van der Waals surface area contributed by atoms with E-state index in [-0.39, 0.29) is 41.4 Å². The van der Waals surface area contributed by atoms with Crippen molar-refractivity contribution in [3.63, 3.8) is 0 Å². The molecule has 0 fully saturated rings. The minimum absolute atomic E-state index is 0. The van der Waals surface area contributed by atoms with E-state index in [0.29, 0.717) is 19.6 Å². The van der Waals surface area contributed by atoms with Gasteiger partial charge < -0.3 is 14.5 Å². The van der Waals surface area contributed by atoms with E-state index in [0.717, 1.165) is 5.75 Å². The fourth-order valence-electron chi connectivity index (χ4n) is 1.42. The van der Waals surface area contributed by atoms with Gasteiger partial charge in [-0.3, -0.25) is 9.59 Å². The smallest absolute Gasteiger partial charge is 0.381 e. The molecule has 0 heterocycles. The first-order chi connectivity index (χ1) is 8.41. The quantitative estimate of drug-likeness (QED) is 0.284. The van der Waals surface area contributed by atoms with E-state index in [2.05, 4.69) is 0 Å². The molecule has 19 heavy (non-hydrogen) atoms. The third kappa shape index (κ3) is 8.92. The van der Waals surface area contributed by atoms with Crippen LogP contribution in [0.2, 0.25) is 0 Å². The Hall–Kier alpha value is 0.250. The third-order valence-electron chi connectivity index (χ3n) is 2.46. The number of rotatable bonds is 8. The monoisotopic (exact) mass is 299 g/mol. The molecular weight excluding hydrogens is 275 g/mol. The molecule has 0 atom stereocenters. The van der Waals surface area contributed by atoms with Gasteiger partial charge in [0.25, 0.3) is 0 Å². The van der Waals surface area contributed by atoms with E-state index >= 15 is 0 Å². The molecule has 0 aliphatic carbocycles. The standard InChI is InChI=1S/C12H24N2O3S.Na/c1-13(2)11(15)10(12(16)14(3)4)6-7-17-8-9-18-5;/h10H,6-9H2,1-5H3;/q;+1. The van der Waals surface area contributed by atoms with Crippen LogP contribution in [0.3, 0.4) is 0 Å². The topological polar surface area (TPSA) is 49.9 Å². The van der Waals surface area contributed by atoms with Gasteiger partial charge in [-0.15, -0.1) is 0 Å². The van der Waals surface area contributed by atoms with Gasteiger partial charge in [-0.25, -0.2) is 0 Å². The van der Waals surface area contributed by atoms with Gasteiger partial charge in [0.15, 0.2) is 0 Å². The fraction of sp³-hybridized carbons (Fsp3) is 0.833. The number of carbonyl (C=O) groups is 2. The summed E-state index contributed by atoms with van der Waals surface area (Å²) in [4.78, 5) is 26.8. The Balaban J connectivity index is 0. The Morgan fingerprint density at radius 1 is 1.05 bits per heavy atom. The van der Waals surface area contributed by atoms with Crippen LogP contribution in [0.4, 0.5) is 0 Å². The molecule has 106 valence electrons. The van der Waals surface area contributed by atoms with Crippen LogP contribution < -0.4 is 29.6 Å². The van der Waals surface area contributed by atoms with Crippen molar-refractivity contribution in [3.05, 3.63) is 0 Å². The van der Waals surface area contributed by atoms with Crippen LogP contribution in [-0.4, -0.2) is 75.0 Å². The van der Waals surface area contributed by atoms with Crippen molar-refractivity contribution in [2.24, 2.45) is 5.92 Å². The van der Waals surface area contributed by atoms with Crippen molar-refractivity contribution in [1.82, 2.24) is 9.80 Å². The molecule has 0 radical (unpaired) electrons. The molecule has 5 nitrogen and oxygen atoms in total. The number of ether oxygens (including phenoxy) is 1. The van der Waals surface area contributed by atoms with Crippen LogP contribution in [0.1, 0.15) is 6.42 Å². The van der Waals surface area contributed by atoms with Gasteiger partial charge in [0.05, 0.1) is 6.61 Å². The molecule has 7 heteroatoms. The van der Waals surface area contributed by atoms with Crippen molar-refractivity contribution in [2.45, 2.75) is 6.42 Å². The summed E-state index contributed by atoms with van der Waals surface area (Å²) in [5, 5.41) is 0. The van der Waals surface area contributed by atoms with E-state index < -0.39 is 5.92 Å². The summed E-state index contributed by atoms with van der Waals surface area (Å²) in [6.45, 7) is 1.09. The molecule has 0 rings (SSSR count). The summed E-state index contributed by atoms with van der Waals surface area (Å²) in [6, 6.07) is 0. The first-order valence-electron chi connectivity index (χ1n) is 5.90. The Morgan fingerprint density at radius 3 is 1.89 bits per heavy atom. The van der Waals surface area contributed by atoms with Crippen molar-refractivity contribution < 1.29 is 43.9 Å². The van der Waals surface area contributed by atoms with E-state index in [4.69, 9.17) is 4.74 Å². The number of amides is 2. The third-order valence-corrected chi connectivity index (χ3v) is 3.04. The number of hydrogen-bond acceptors (Lipinski definition) is 4. The maximum atomic E-state index is 11.9. The second-order valence-corrected chi connectivity index (χ2v) is 5.40. The molecule has 0 unspecified atom stereocenters. The van der Waals surface area contributed by atoms with Gasteiger partial charge >= 0.3 is 29.6 Å². The van der Waals surface area contributed by atoms with Crippen molar-refractivity contribution in [3.8, 4) is 0 Å². The van der Waals surface area contributed by atoms with Crippen LogP contribution in [0.15, 0.2) is 0 Å². The predicted octanol–water partition coefficient (Wildman–Crippen LogP) is -2.45. The molecule has 2 amide bonds. The van der Waals surface area contributed by atoms with Crippen LogP contribution in [0.25, 0.3) is 0 Å². The number of thioether (sulfide) groups is 1. The molecule has 0 aliphatic heterocycles. The predicted molar refractivity (Wildman–Crippen MR) is 74.7 cm³/mol. The molecule has 0 saturated carbocycles. The minimum Gasteiger partial charge on any atom is -0.381 e. The number of nitrogens with zero attached hydrogens (tertiary/aromatic N) is 2. The maximum Gasteiger partial charge on any atom is 1.00 e. The molecule has 0 aromatic heterocycles. The first kappa shape index (κ1) is 21.5. The summed E-state index contributed by atoms with van der Waals surface area (Å²) in [5.74, 6) is -0.0397. The van der Waals surface area contributed by atoms with Gasteiger partial charge in [0.1, 0.15) is 5.92 Å². The Morgan fingerprint density at radius 2 is 1.53 bits per heavy atom. The van der Waals surface area contributed by atoms with Gasteiger partial charge in [-0.1, -0.05) is 0 Å². The van der Waals surface area contributed by atoms with Gasteiger partial charge in [0.2, 0.25) is 11.8 Å². The summed E-state index contributed by atoms with van der Waals surface area (Å²) in [7, 11) is 6.64. The average Bonchev–Trinajstić information content (AvgIpc) is 2.32. The fourth-order valence-corrected chi connectivity index (χ4v) is 1.71. The number of carbonyl (C=O) groups excluding carboxylic acids is 2. The second kappa shape index (κ2) is 12.0. The zero-order valence-electron chi connectivity index (χ0n) is 12.9. The number of hydrogen-bond donors (Lipinski definition) is 0. The van der Waals surface area contributed by atoms with E-state index in [1.54, 1.807) is 40.0 Å². The normalized spacial score (nSPS) is 10.0. The molecule has 0 saturated heterocycles. The Bertz CT molecular complexity index is 256. The van der Waals surface area contributed by atoms with Gasteiger partial charge in [-0.05, 0) is 12.7 Å². The van der Waals surface area contributed by atoms with Crippen LogP contribution >= 0.6 is 11.8 Å². The zero-order chi connectivity index (χ0) is 14.1. The largest absolute Gasteiger partial charge is 1.00 e. The van der Waals surface area contributed by atoms with Gasteiger partial charge in [-0.2, -0.15) is 11.8 Å². The summed E-state index contributed by atoms with van der Waals surface area (Å²) in [6.07, 6.45) is 2.44.